The Bertz CT molecular complexity index is 2150. The predicted molar refractivity (Wildman–Crippen MR) is 219 cm³/mol. The fourth-order valence-electron chi connectivity index (χ4n) is 10.2. The van der Waals surface area contributed by atoms with Gasteiger partial charge in [-0.1, -0.05) is 17.7 Å². The van der Waals surface area contributed by atoms with E-state index < -0.39 is 23.8 Å². The number of pyridine rings is 1. The highest BCUT2D eigenvalue weighted by atomic mass is 35.5. The van der Waals surface area contributed by atoms with E-state index in [4.69, 9.17) is 23.2 Å². The lowest BCUT2D eigenvalue weighted by molar-refractivity contribution is -0.136. The van der Waals surface area contributed by atoms with Crippen LogP contribution in [0.4, 0.5) is 28.6 Å². The van der Waals surface area contributed by atoms with Crippen LogP contribution in [0.3, 0.4) is 0 Å². The van der Waals surface area contributed by atoms with E-state index in [0.29, 0.717) is 40.0 Å². The van der Waals surface area contributed by atoms with Crippen molar-refractivity contribution >= 4 is 63.8 Å². The minimum atomic E-state index is -0.963. The van der Waals surface area contributed by atoms with Crippen molar-refractivity contribution < 1.29 is 19.2 Å². The number of benzene rings is 2. The number of aromatic nitrogens is 1. The molecule has 1 aromatic heterocycles. The number of halogens is 1. The number of hydrogen-bond donors (Lipinski definition) is 1. The second-order valence-electron chi connectivity index (χ2n) is 16.9. The van der Waals surface area contributed by atoms with Crippen LogP contribution in [-0.4, -0.2) is 115 Å². The summed E-state index contributed by atoms with van der Waals surface area (Å²) in [4.78, 5) is 72.1. The van der Waals surface area contributed by atoms with E-state index in [1.807, 2.05) is 30.5 Å². The molecule has 0 radical (unpaired) electrons. The highest BCUT2D eigenvalue weighted by Gasteiger charge is 2.46. The van der Waals surface area contributed by atoms with E-state index >= 15 is 0 Å². The van der Waals surface area contributed by atoms with E-state index in [0.717, 1.165) is 100 Å². The topological polar surface area (TPSA) is 117 Å². The van der Waals surface area contributed by atoms with Crippen molar-refractivity contribution in [2.75, 3.05) is 72.5 Å². The molecule has 6 aliphatic heterocycles. The standard InChI is InChI=1S/C43H48ClN9O4/c1-27-22-43(26-52(27)30-5-8-36(45-2)35(44)21-30)14-18-50(19-15-43)38-10-6-31(23-46-38)49-16-12-28(13-17-49)48(3)32-24-51(25-32)29-4-7-33-34(20-29)42(57)53(41(33)56)37-9-11-39(54)47-40(37)55/h4-8,10,20-21,23,27-28,32,37H,9,11-19,22,24-26H2,1,3H3,(H,47,54,55)/t27-,37?/m0/s1. The summed E-state index contributed by atoms with van der Waals surface area (Å²) in [6.45, 7) is 16.2. The number of hydrogen-bond acceptors (Lipinski definition) is 10. The Morgan fingerprint density at radius 2 is 1.56 bits per heavy atom. The second-order valence-corrected chi connectivity index (χ2v) is 17.3. The maximum absolute atomic E-state index is 13.3. The highest BCUT2D eigenvalue weighted by molar-refractivity contribution is 6.33. The normalized spacial score (nSPS) is 24.0. The van der Waals surface area contributed by atoms with Gasteiger partial charge in [0.25, 0.3) is 11.8 Å². The van der Waals surface area contributed by atoms with Gasteiger partial charge in [0.1, 0.15) is 11.9 Å². The summed E-state index contributed by atoms with van der Waals surface area (Å²) in [5.41, 5.74) is 4.58. The van der Waals surface area contributed by atoms with Gasteiger partial charge in [0, 0.05) is 86.8 Å². The molecule has 3 aromatic rings. The van der Waals surface area contributed by atoms with Crippen LogP contribution < -0.4 is 24.9 Å². The number of carbonyl (C=O) groups is 4. The summed E-state index contributed by atoms with van der Waals surface area (Å²) < 4.78 is 0. The molecule has 1 N–H and O–H groups in total. The van der Waals surface area contributed by atoms with Crippen LogP contribution in [0.15, 0.2) is 54.7 Å². The summed E-state index contributed by atoms with van der Waals surface area (Å²) in [5.74, 6) is -0.888. The number of fused-ring (bicyclic) bond motifs is 1. The molecule has 0 saturated carbocycles. The summed E-state index contributed by atoms with van der Waals surface area (Å²) in [5, 5.41) is 2.78. The first kappa shape index (κ1) is 37.4. The third kappa shape index (κ3) is 6.76. The predicted octanol–water partition coefficient (Wildman–Crippen LogP) is 5.36. The zero-order valence-electron chi connectivity index (χ0n) is 32.5. The molecule has 0 aliphatic carbocycles. The van der Waals surface area contributed by atoms with Crippen LogP contribution >= 0.6 is 11.6 Å². The monoisotopic (exact) mass is 789 g/mol. The lowest BCUT2D eigenvalue weighted by atomic mass is 9.77. The largest absolute Gasteiger partial charge is 0.370 e. The summed E-state index contributed by atoms with van der Waals surface area (Å²) in [6, 6.07) is 15.9. The zero-order chi connectivity index (χ0) is 39.6. The molecule has 9 rings (SSSR count). The molecular weight excluding hydrogens is 742 g/mol. The van der Waals surface area contributed by atoms with E-state index in [-0.39, 0.29) is 24.2 Å². The third-order valence-corrected chi connectivity index (χ3v) is 14.0. The quantitative estimate of drug-likeness (QED) is 0.248. The van der Waals surface area contributed by atoms with Crippen molar-refractivity contribution in [1.29, 1.82) is 0 Å². The van der Waals surface area contributed by atoms with Gasteiger partial charge in [-0.05, 0) is 100 Å². The van der Waals surface area contributed by atoms with Crippen molar-refractivity contribution in [1.82, 2.24) is 20.1 Å². The Balaban J connectivity index is 0.739. The summed E-state index contributed by atoms with van der Waals surface area (Å²) >= 11 is 6.39. The number of nitrogens with zero attached hydrogens (tertiary/aromatic N) is 8. The first-order chi connectivity index (χ1) is 27.5. The highest BCUT2D eigenvalue weighted by Crippen LogP contribution is 2.46. The number of amides is 4. The molecule has 1 spiro atoms. The number of nitrogens with one attached hydrogen (secondary N) is 1. The Hall–Kier alpha value is -5.19. The Morgan fingerprint density at radius 1 is 0.842 bits per heavy atom. The van der Waals surface area contributed by atoms with E-state index in [2.05, 4.69) is 60.8 Å². The zero-order valence-corrected chi connectivity index (χ0v) is 33.2. The fourth-order valence-corrected chi connectivity index (χ4v) is 10.4. The van der Waals surface area contributed by atoms with Gasteiger partial charge in [0.2, 0.25) is 17.5 Å². The first-order valence-electron chi connectivity index (χ1n) is 20.2. The van der Waals surface area contributed by atoms with Gasteiger partial charge in [0.15, 0.2) is 0 Å². The van der Waals surface area contributed by atoms with Gasteiger partial charge in [-0.15, -0.1) is 0 Å². The van der Waals surface area contributed by atoms with E-state index in [1.165, 1.54) is 5.69 Å². The first-order valence-corrected chi connectivity index (χ1v) is 20.6. The molecule has 7 heterocycles. The molecule has 14 heteroatoms. The SMILES string of the molecule is [C-]#[N+]c1ccc(N2CC3(CCN(c4ccc(N5CCC(N(C)C6CN(c7ccc8c(c7)C(=O)N(C7CCC(=O)NC7=O)C8=O)C6)CC5)cn4)CC3)C[C@@H]2C)cc1Cl. The van der Waals surface area contributed by atoms with Gasteiger partial charge < -0.3 is 19.6 Å². The molecular formula is C43H48ClN9O4. The molecule has 0 bridgehead atoms. The molecule has 4 amide bonds. The average Bonchev–Trinajstić information content (AvgIpc) is 3.65. The van der Waals surface area contributed by atoms with Gasteiger partial charge in [-0.2, -0.15) is 0 Å². The van der Waals surface area contributed by atoms with Crippen LogP contribution in [0.5, 0.6) is 0 Å². The van der Waals surface area contributed by atoms with Gasteiger partial charge in [0.05, 0.1) is 29.6 Å². The van der Waals surface area contributed by atoms with Gasteiger partial charge in [-0.3, -0.25) is 34.3 Å². The number of imide groups is 2. The lowest BCUT2D eigenvalue weighted by Gasteiger charge is -2.49. The number of carbonyl (C=O) groups excluding carboxylic acids is 4. The molecule has 5 fully saturated rings. The number of likely N-dealkylation sites (N-methyl/N-ethyl adjacent to an activating group) is 1. The van der Waals surface area contributed by atoms with Gasteiger partial charge >= 0.3 is 0 Å². The molecule has 296 valence electrons. The van der Waals surface area contributed by atoms with Crippen molar-refractivity contribution in [2.24, 2.45) is 5.41 Å². The van der Waals surface area contributed by atoms with E-state index in [9.17, 15) is 19.2 Å². The lowest BCUT2D eigenvalue weighted by Crippen LogP contribution is -2.61. The van der Waals surface area contributed by atoms with Crippen LogP contribution in [0.2, 0.25) is 5.02 Å². The number of anilines is 4. The van der Waals surface area contributed by atoms with Crippen molar-refractivity contribution in [2.45, 2.75) is 76.0 Å². The number of rotatable bonds is 7. The maximum Gasteiger partial charge on any atom is 0.262 e. The molecule has 6 aliphatic rings. The molecule has 2 atom stereocenters. The molecule has 57 heavy (non-hydrogen) atoms. The third-order valence-electron chi connectivity index (χ3n) is 13.7. The van der Waals surface area contributed by atoms with Crippen LogP contribution in [0.1, 0.15) is 72.6 Å². The molecule has 5 saturated heterocycles. The Morgan fingerprint density at radius 3 is 2.25 bits per heavy atom. The number of piperidine rings is 3. The minimum Gasteiger partial charge on any atom is -0.370 e. The van der Waals surface area contributed by atoms with Gasteiger partial charge in [-0.25, -0.2) is 9.83 Å². The molecule has 13 nitrogen and oxygen atoms in total. The molecule has 1 unspecified atom stereocenters. The van der Waals surface area contributed by atoms with Crippen LogP contribution in [0.25, 0.3) is 4.85 Å². The van der Waals surface area contributed by atoms with Crippen molar-refractivity contribution in [3.05, 3.63) is 82.3 Å². The van der Waals surface area contributed by atoms with Crippen LogP contribution in [0, 0.1) is 12.0 Å². The second kappa shape index (κ2) is 14.6. The smallest absolute Gasteiger partial charge is 0.262 e. The molecule has 2 aromatic carbocycles. The average molecular weight is 790 g/mol. The fraction of sp³-hybridized carbons (Fsp3) is 0.488. The summed E-state index contributed by atoms with van der Waals surface area (Å²) in [6.07, 6.45) is 7.85. The van der Waals surface area contributed by atoms with Crippen molar-refractivity contribution in [3.63, 3.8) is 0 Å². The van der Waals surface area contributed by atoms with E-state index in [1.54, 1.807) is 12.1 Å². The Kier molecular flexibility index (Phi) is 9.60. The maximum atomic E-state index is 13.3. The van der Waals surface area contributed by atoms with Crippen LogP contribution in [-0.2, 0) is 9.59 Å². The Labute approximate surface area is 338 Å². The summed E-state index contributed by atoms with van der Waals surface area (Å²) in [7, 11) is 2.22. The van der Waals surface area contributed by atoms with Crippen molar-refractivity contribution in [3.8, 4) is 0 Å². The minimum absolute atomic E-state index is 0.0999.